The Hall–Kier alpha value is -2.61. The van der Waals surface area contributed by atoms with Crippen LogP contribution in [0.3, 0.4) is 0 Å². The second kappa shape index (κ2) is 4.94. The number of nitrogens with zero attached hydrogens (tertiary/aromatic N) is 3. The average molecular weight is 255 g/mol. The molecule has 0 saturated carbocycles. The van der Waals surface area contributed by atoms with Gasteiger partial charge in [0.1, 0.15) is 23.8 Å². The van der Waals surface area contributed by atoms with E-state index in [1.807, 2.05) is 27.0 Å². The van der Waals surface area contributed by atoms with Crippen molar-refractivity contribution in [2.24, 2.45) is 7.05 Å². The van der Waals surface area contributed by atoms with Crippen LogP contribution in [0.4, 0.5) is 0 Å². The third kappa shape index (κ3) is 2.33. The van der Waals surface area contributed by atoms with Crippen LogP contribution in [0.1, 0.15) is 27.3 Å². The first-order valence-corrected chi connectivity index (χ1v) is 5.74. The zero-order valence-electron chi connectivity index (χ0n) is 11.0. The summed E-state index contributed by atoms with van der Waals surface area (Å²) in [5.41, 5.74) is 2.40. The Morgan fingerprint density at radius 3 is 2.68 bits per heavy atom. The van der Waals surface area contributed by atoms with Crippen molar-refractivity contribution >= 4 is 6.29 Å². The van der Waals surface area contributed by atoms with Gasteiger partial charge in [-0.05, 0) is 32.0 Å². The molecule has 0 fully saturated rings. The van der Waals surface area contributed by atoms with E-state index >= 15 is 0 Å². The van der Waals surface area contributed by atoms with Crippen LogP contribution < -0.4 is 4.74 Å². The van der Waals surface area contributed by atoms with Crippen molar-refractivity contribution in [2.75, 3.05) is 0 Å². The van der Waals surface area contributed by atoms with Crippen molar-refractivity contribution < 1.29 is 9.53 Å². The summed E-state index contributed by atoms with van der Waals surface area (Å²) >= 11 is 0. The van der Waals surface area contributed by atoms with Gasteiger partial charge in [0.2, 0.25) is 0 Å². The Balaban J connectivity index is 2.44. The van der Waals surface area contributed by atoms with Crippen molar-refractivity contribution in [2.45, 2.75) is 13.8 Å². The molecule has 0 saturated heterocycles. The summed E-state index contributed by atoms with van der Waals surface area (Å²) in [6, 6.07) is 6.76. The maximum Gasteiger partial charge on any atom is 0.171 e. The molecule has 0 spiro atoms. The fourth-order valence-corrected chi connectivity index (χ4v) is 1.81. The van der Waals surface area contributed by atoms with Crippen LogP contribution in [0.25, 0.3) is 0 Å². The van der Waals surface area contributed by atoms with Crippen molar-refractivity contribution in [1.82, 2.24) is 9.78 Å². The Bertz CT molecular complexity index is 681. The largest absolute Gasteiger partial charge is 0.452 e. The summed E-state index contributed by atoms with van der Waals surface area (Å²) in [4.78, 5) is 10.7. The predicted octanol–water partition coefficient (Wildman–Crippen LogP) is 2.51. The summed E-state index contributed by atoms with van der Waals surface area (Å²) in [7, 11) is 1.83. The third-order valence-corrected chi connectivity index (χ3v) is 2.91. The normalized spacial score (nSPS) is 10.0. The summed E-state index contributed by atoms with van der Waals surface area (Å²) in [5, 5.41) is 13.3. The summed E-state index contributed by atoms with van der Waals surface area (Å²) in [6.45, 7) is 3.73. The zero-order chi connectivity index (χ0) is 14.0. The van der Waals surface area contributed by atoms with Gasteiger partial charge in [0.05, 0.1) is 11.3 Å². The molecule has 0 aliphatic heterocycles. The van der Waals surface area contributed by atoms with E-state index in [0.29, 0.717) is 28.9 Å². The summed E-state index contributed by atoms with van der Waals surface area (Å²) < 4.78 is 7.48. The fourth-order valence-electron chi connectivity index (χ4n) is 1.81. The van der Waals surface area contributed by atoms with Crippen LogP contribution in [0.15, 0.2) is 18.2 Å². The molecule has 2 rings (SSSR count). The number of benzene rings is 1. The Labute approximate surface area is 111 Å². The maximum absolute atomic E-state index is 10.7. The van der Waals surface area contributed by atoms with Gasteiger partial charge < -0.3 is 4.74 Å². The van der Waals surface area contributed by atoms with E-state index in [2.05, 4.69) is 5.10 Å². The van der Waals surface area contributed by atoms with E-state index in [4.69, 9.17) is 10.00 Å². The number of hydrogen-bond donors (Lipinski definition) is 0. The molecule has 0 radical (unpaired) electrons. The molecular weight excluding hydrogens is 242 g/mol. The molecule has 0 unspecified atom stereocenters. The van der Waals surface area contributed by atoms with E-state index < -0.39 is 0 Å². The van der Waals surface area contributed by atoms with Gasteiger partial charge in [-0.3, -0.25) is 9.48 Å². The topological polar surface area (TPSA) is 67.9 Å². The van der Waals surface area contributed by atoms with Gasteiger partial charge >= 0.3 is 0 Å². The molecule has 0 amide bonds. The lowest BCUT2D eigenvalue weighted by Crippen LogP contribution is -1.94. The SMILES string of the molecule is Cc1nn(C)c(C)c1Oc1ccc(C=O)cc1C#N. The monoisotopic (exact) mass is 255 g/mol. The first-order chi connectivity index (χ1) is 9.06. The van der Waals surface area contributed by atoms with Gasteiger partial charge in [0, 0.05) is 12.6 Å². The molecule has 0 aliphatic carbocycles. The van der Waals surface area contributed by atoms with Crippen LogP contribution in [0.2, 0.25) is 0 Å². The van der Waals surface area contributed by atoms with Gasteiger partial charge in [0.15, 0.2) is 5.75 Å². The van der Waals surface area contributed by atoms with E-state index in [0.717, 1.165) is 11.4 Å². The lowest BCUT2D eigenvalue weighted by molar-refractivity contribution is 0.112. The number of aldehydes is 1. The van der Waals surface area contributed by atoms with E-state index in [1.54, 1.807) is 16.8 Å². The van der Waals surface area contributed by atoms with E-state index in [-0.39, 0.29) is 0 Å². The number of nitriles is 1. The maximum atomic E-state index is 10.7. The second-order valence-electron chi connectivity index (χ2n) is 4.21. The van der Waals surface area contributed by atoms with Crippen molar-refractivity contribution in [1.29, 1.82) is 5.26 Å². The molecule has 0 atom stereocenters. The summed E-state index contributed by atoms with van der Waals surface area (Å²) in [5.74, 6) is 1.06. The van der Waals surface area contributed by atoms with Crippen LogP contribution >= 0.6 is 0 Å². The lowest BCUT2D eigenvalue weighted by Gasteiger charge is -2.08. The molecule has 1 heterocycles. The first kappa shape index (κ1) is 12.8. The van der Waals surface area contributed by atoms with Crippen LogP contribution in [0, 0.1) is 25.2 Å². The van der Waals surface area contributed by atoms with Crippen LogP contribution in [-0.4, -0.2) is 16.1 Å². The minimum atomic E-state index is 0.326. The highest BCUT2D eigenvalue weighted by atomic mass is 16.5. The lowest BCUT2D eigenvalue weighted by atomic mass is 10.1. The summed E-state index contributed by atoms with van der Waals surface area (Å²) in [6.07, 6.45) is 0.700. The Morgan fingerprint density at radius 1 is 1.42 bits per heavy atom. The number of carbonyl (C=O) groups excluding carboxylic acids is 1. The highest BCUT2D eigenvalue weighted by molar-refractivity contribution is 5.76. The van der Waals surface area contributed by atoms with Crippen LogP contribution in [0.5, 0.6) is 11.5 Å². The smallest absolute Gasteiger partial charge is 0.171 e. The molecule has 0 N–H and O–H groups in total. The second-order valence-corrected chi connectivity index (χ2v) is 4.21. The van der Waals surface area contributed by atoms with Crippen LogP contribution in [-0.2, 0) is 7.05 Å². The average Bonchev–Trinajstić information content (AvgIpc) is 2.65. The predicted molar refractivity (Wildman–Crippen MR) is 69.3 cm³/mol. The molecule has 5 heteroatoms. The molecule has 1 aromatic heterocycles. The third-order valence-electron chi connectivity index (χ3n) is 2.91. The molecule has 5 nitrogen and oxygen atoms in total. The first-order valence-electron chi connectivity index (χ1n) is 5.74. The quantitative estimate of drug-likeness (QED) is 0.790. The standard InChI is InChI=1S/C14H13N3O2/c1-9-14(10(2)17(3)16-9)19-13-5-4-11(8-18)6-12(13)7-15/h4-6,8H,1-3H3. The van der Waals surface area contributed by atoms with E-state index in [9.17, 15) is 4.79 Å². The van der Waals surface area contributed by atoms with Crippen molar-refractivity contribution in [3.05, 3.63) is 40.7 Å². The van der Waals surface area contributed by atoms with Gasteiger partial charge in [-0.2, -0.15) is 10.4 Å². The molecule has 0 bridgehead atoms. The fraction of sp³-hybridized carbons (Fsp3) is 0.214. The number of hydrogen-bond acceptors (Lipinski definition) is 4. The number of aromatic nitrogens is 2. The molecule has 2 aromatic rings. The molecule has 1 aromatic carbocycles. The Morgan fingerprint density at radius 2 is 2.16 bits per heavy atom. The highest BCUT2D eigenvalue weighted by Crippen LogP contribution is 2.30. The number of carbonyl (C=O) groups is 1. The van der Waals surface area contributed by atoms with Gasteiger partial charge in [-0.15, -0.1) is 0 Å². The number of aryl methyl sites for hydroxylation is 2. The van der Waals surface area contributed by atoms with Crippen molar-refractivity contribution in [3.8, 4) is 17.6 Å². The van der Waals surface area contributed by atoms with E-state index in [1.165, 1.54) is 6.07 Å². The Kier molecular flexibility index (Phi) is 3.34. The van der Waals surface area contributed by atoms with Gasteiger partial charge in [0.25, 0.3) is 0 Å². The van der Waals surface area contributed by atoms with Gasteiger partial charge in [-0.1, -0.05) is 0 Å². The highest BCUT2D eigenvalue weighted by Gasteiger charge is 2.14. The molecule has 19 heavy (non-hydrogen) atoms. The number of rotatable bonds is 3. The minimum absolute atomic E-state index is 0.326. The molecular formula is C14H13N3O2. The van der Waals surface area contributed by atoms with Gasteiger partial charge in [-0.25, -0.2) is 0 Å². The zero-order valence-corrected chi connectivity index (χ0v) is 11.0. The molecule has 96 valence electrons. The minimum Gasteiger partial charge on any atom is -0.452 e. The molecule has 0 aliphatic rings. The number of ether oxygens (including phenoxy) is 1. The van der Waals surface area contributed by atoms with Crippen molar-refractivity contribution in [3.63, 3.8) is 0 Å².